The van der Waals surface area contributed by atoms with E-state index in [1.165, 1.54) is 11.3 Å². The highest BCUT2D eigenvalue weighted by Crippen LogP contribution is 2.19. The molecule has 0 aliphatic carbocycles. The van der Waals surface area contributed by atoms with Gasteiger partial charge in [0.1, 0.15) is 0 Å². The molecule has 2 aromatic rings. The molecule has 0 aliphatic heterocycles. The Bertz CT molecular complexity index is 576. The number of hydrogen-bond acceptors (Lipinski definition) is 4. The molecule has 126 valence electrons. The van der Waals surface area contributed by atoms with Crippen LogP contribution in [-0.4, -0.2) is 28.5 Å². The maximum Gasteiger partial charge on any atom is 0.224 e. The number of benzene rings is 1. The Morgan fingerprint density at radius 1 is 1.30 bits per heavy atom. The lowest BCUT2D eigenvalue weighted by molar-refractivity contribution is -0.133. The first-order chi connectivity index (χ1) is 10.6. The average Bonchev–Trinajstić information content (AvgIpc) is 3.01. The van der Waals surface area contributed by atoms with Gasteiger partial charge < -0.3 is 15.7 Å². The van der Waals surface area contributed by atoms with Crippen LogP contribution in [0.25, 0.3) is 0 Å². The first-order valence-electron chi connectivity index (χ1n) is 7.33. The molecule has 23 heavy (non-hydrogen) atoms. The molecule has 3 N–H and O–H groups in total. The highest BCUT2D eigenvalue weighted by Gasteiger charge is 2.20. The Balaban J connectivity index is 0.00000264. The van der Waals surface area contributed by atoms with Crippen molar-refractivity contribution in [2.45, 2.75) is 32.0 Å². The van der Waals surface area contributed by atoms with Crippen molar-refractivity contribution in [3.63, 3.8) is 0 Å². The summed E-state index contributed by atoms with van der Waals surface area (Å²) in [6, 6.07) is 11.5. The summed E-state index contributed by atoms with van der Waals surface area (Å²) in [5.74, 6) is -0.0341. The van der Waals surface area contributed by atoms with E-state index in [9.17, 15) is 9.90 Å². The highest BCUT2D eigenvalue weighted by molar-refractivity contribution is 7.07. The van der Waals surface area contributed by atoms with E-state index in [0.717, 1.165) is 11.1 Å². The van der Waals surface area contributed by atoms with Crippen molar-refractivity contribution in [3.05, 3.63) is 58.3 Å². The lowest BCUT2D eigenvalue weighted by Crippen LogP contribution is -2.37. The number of hydrogen-bond donors (Lipinski definition) is 2. The number of nitrogens with zero attached hydrogens (tertiary/aromatic N) is 1. The van der Waals surface area contributed by atoms with Gasteiger partial charge >= 0.3 is 0 Å². The third-order valence-electron chi connectivity index (χ3n) is 3.39. The quantitative estimate of drug-likeness (QED) is 0.803. The van der Waals surface area contributed by atoms with Gasteiger partial charge in [0.2, 0.25) is 5.91 Å². The molecular formula is C17H23ClN2O2S. The van der Waals surface area contributed by atoms with Crippen molar-refractivity contribution in [1.29, 1.82) is 0 Å². The van der Waals surface area contributed by atoms with E-state index in [1.54, 1.807) is 4.90 Å². The molecule has 0 aliphatic rings. The van der Waals surface area contributed by atoms with Crippen LogP contribution in [0.1, 0.15) is 30.6 Å². The van der Waals surface area contributed by atoms with Gasteiger partial charge in [-0.15, -0.1) is 12.4 Å². The second kappa shape index (κ2) is 9.67. The Morgan fingerprint density at radius 2 is 2.00 bits per heavy atom. The van der Waals surface area contributed by atoms with Crippen molar-refractivity contribution in [1.82, 2.24) is 4.90 Å². The van der Waals surface area contributed by atoms with Crippen molar-refractivity contribution in [2.75, 3.05) is 6.54 Å². The molecule has 2 atom stereocenters. The average molecular weight is 355 g/mol. The molecule has 1 heterocycles. The first-order valence-corrected chi connectivity index (χ1v) is 8.28. The number of carbonyl (C=O) groups is 1. The van der Waals surface area contributed by atoms with Gasteiger partial charge in [-0.05, 0) is 34.9 Å². The van der Waals surface area contributed by atoms with Gasteiger partial charge in [-0.1, -0.05) is 30.3 Å². The molecule has 0 saturated carbocycles. The van der Waals surface area contributed by atoms with Gasteiger partial charge in [0.05, 0.1) is 12.6 Å². The van der Waals surface area contributed by atoms with Crippen LogP contribution in [0.2, 0.25) is 0 Å². The monoisotopic (exact) mass is 354 g/mol. The molecule has 4 nitrogen and oxygen atoms in total. The molecular weight excluding hydrogens is 332 g/mol. The van der Waals surface area contributed by atoms with E-state index in [-0.39, 0.29) is 37.3 Å². The van der Waals surface area contributed by atoms with Crippen LogP contribution in [0.15, 0.2) is 47.2 Å². The largest absolute Gasteiger partial charge is 0.387 e. The first kappa shape index (κ1) is 19.6. The van der Waals surface area contributed by atoms with Crippen LogP contribution in [0.3, 0.4) is 0 Å². The fourth-order valence-electron chi connectivity index (χ4n) is 2.24. The van der Waals surface area contributed by atoms with Crippen molar-refractivity contribution >= 4 is 29.7 Å². The number of carbonyl (C=O) groups excluding carboxylic acids is 1. The fourth-order valence-corrected chi connectivity index (χ4v) is 2.95. The molecule has 1 aromatic carbocycles. The zero-order valence-corrected chi connectivity index (χ0v) is 14.7. The zero-order valence-electron chi connectivity index (χ0n) is 13.1. The van der Waals surface area contributed by atoms with Crippen LogP contribution < -0.4 is 5.73 Å². The normalized spacial score (nSPS) is 13.0. The van der Waals surface area contributed by atoms with Crippen molar-refractivity contribution in [3.8, 4) is 0 Å². The third-order valence-corrected chi connectivity index (χ3v) is 4.09. The van der Waals surface area contributed by atoms with Crippen molar-refractivity contribution in [2.24, 2.45) is 5.73 Å². The Morgan fingerprint density at radius 3 is 2.57 bits per heavy atom. The molecule has 6 heteroatoms. The smallest absolute Gasteiger partial charge is 0.224 e. The maximum atomic E-state index is 12.4. The topological polar surface area (TPSA) is 66.6 Å². The number of thiophene rings is 1. The van der Waals surface area contributed by atoms with E-state index in [1.807, 2.05) is 54.1 Å². The lowest BCUT2D eigenvalue weighted by Gasteiger charge is -2.26. The highest BCUT2D eigenvalue weighted by atomic mass is 35.5. The van der Waals surface area contributed by atoms with Gasteiger partial charge in [-0.3, -0.25) is 4.79 Å². The molecule has 0 fully saturated rings. The molecule has 0 spiro atoms. The number of aliphatic hydroxyl groups is 1. The second-order valence-electron chi connectivity index (χ2n) is 5.51. The minimum atomic E-state index is -0.674. The maximum absolute atomic E-state index is 12.4. The van der Waals surface area contributed by atoms with Crippen LogP contribution in [0.4, 0.5) is 0 Å². The van der Waals surface area contributed by atoms with E-state index < -0.39 is 6.10 Å². The number of nitrogens with two attached hydrogens (primary N) is 1. The van der Waals surface area contributed by atoms with Crippen LogP contribution in [-0.2, 0) is 11.3 Å². The SMILES string of the molecule is CC(N)CC(=O)N(Cc1ccccc1)CC(O)c1ccsc1.Cl. The summed E-state index contributed by atoms with van der Waals surface area (Å²) >= 11 is 1.53. The van der Waals surface area contributed by atoms with Crippen LogP contribution in [0.5, 0.6) is 0 Å². The van der Waals surface area contributed by atoms with Gasteiger partial charge in [-0.25, -0.2) is 0 Å². The van der Waals surface area contributed by atoms with Gasteiger partial charge in [-0.2, -0.15) is 11.3 Å². The summed E-state index contributed by atoms with van der Waals surface area (Å²) in [5.41, 5.74) is 7.63. The molecule has 0 bridgehead atoms. The van der Waals surface area contributed by atoms with E-state index >= 15 is 0 Å². The van der Waals surface area contributed by atoms with Gasteiger partial charge in [0.15, 0.2) is 0 Å². The Labute approximate surface area is 147 Å². The molecule has 1 amide bonds. The lowest BCUT2D eigenvalue weighted by atomic mass is 10.1. The molecule has 2 rings (SSSR count). The molecule has 1 aromatic heterocycles. The molecule has 2 unspecified atom stereocenters. The standard InChI is InChI=1S/C17H22N2O2S.ClH/c1-13(18)9-17(21)19(10-14-5-3-2-4-6-14)11-16(20)15-7-8-22-12-15;/h2-8,12-13,16,20H,9-11,18H2,1H3;1H. The number of rotatable bonds is 7. The fraction of sp³-hybridized carbons (Fsp3) is 0.353. The molecule has 0 saturated heterocycles. The second-order valence-corrected chi connectivity index (χ2v) is 6.29. The molecule has 0 radical (unpaired) electrons. The summed E-state index contributed by atoms with van der Waals surface area (Å²) in [6.07, 6.45) is -0.393. The third kappa shape index (κ3) is 6.31. The zero-order chi connectivity index (χ0) is 15.9. The summed E-state index contributed by atoms with van der Waals surface area (Å²) < 4.78 is 0. The summed E-state index contributed by atoms with van der Waals surface area (Å²) in [6.45, 7) is 2.57. The minimum Gasteiger partial charge on any atom is -0.387 e. The minimum absolute atomic E-state index is 0. The number of amides is 1. The van der Waals surface area contributed by atoms with E-state index in [0.29, 0.717) is 6.54 Å². The van der Waals surface area contributed by atoms with Gasteiger partial charge in [0, 0.05) is 19.0 Å². The predicted octanol–water partition coefficient (Wildman–Crippen LogP) is 2.97. The summed E-state index contributed by atoms with van der Waals surface area (Å²) in [5, 5.41) is 14.1. The van der Waals surface area contributed by atoms with Gasteiger partial charge in [0.25, 0.3) is 0 Å². The Kier molecular flexibility index (Phi) is 8.26. The Hall–Kier alpha value is -1.40. The van der Waals surface area contributed by atoms with Crippen LogP contribution in [0, 0.1) is 0 Å². The predicted molar refractivity (Wildman–Crippen MR) is 96.7 cm³/mol. The van der Waals surface area contributed by atoms with E-state index in [2.05, 4.69) is 0 Å². The van der Waals surface area contributed by atoms with Crippen LogP contribution >= 0.6 is 23.7 Å². The number of halogens is 1. The summed E-state index contributed by atoms with van der Waals surface area (Å²) in [7, 11) is 0. The number of aliphatic hydroxyl groups excluding tert-OH is 1. The summed E-state index contributed by atoms with van der Waals surface area (Å²) in [4.78, 5) is 14.1. The van der Waals surface area contributed by atoms with E-state index in [4.69, 9.17) is 5.73 Å². The van der Waals surface area contributed by atoms with Crippen molar-refractivity contribution < 1.29 is 9.90 Å².